The fraction of sp³-hybridized carbons (Fsp3) is 0.0938. The molecule has 306 valence electrons. The second-order valence-corrected chi connectivity index (χ2v) is 19.5. The van der Waals surface area contributed by atoms with Gasteiger partial charge in [-0.05, 0) is 146 Å². The van der Waals surface area contributed by atoms with Crippen molar-refractivity contribution in [1.29, 1.82) is 0 Å². The smallest absolute Gasteiger partial charge is 0.143 e. The predicted molar refractivity (Wildman–Crippen MR) is 275 cm³/mol. The lowest BCUT2D eigenvalue weighted by molar-refractivity contribution is 0.659. The Hall–Kier alpha value is -7.74. The van der Waals surface area contributed by atoms with Crippen LogP contribution >= 0.6 is 0 Å². The molecule has 2 aliphatic rings. The largest absolute Gasteiger partial charge is 0.455 e. The highest BCUT2D eigenvalue weighted by Crippen LogP contribution is 2.55. The van der Waals surface area contributed by atoms with E-state index in [1.165, 1.54) is 132 Å². The van der Waals surface area contributed by atoms with E-state index in [0.717, 1.165) is 11.2 Å². The van der Waals surface area contributed by atoms with Crippen molar-refractivity contribution in [2.75, 3.05) is 0 Å². The zero-order chi connectivity index (χ0) is 43.3. The van der Waals surface area contributed by atoms with Crippen LogP contribution in [0.5, 0.6) is 0 Å². The number of hydrogen-bond acceptors (Lipinski definition) is 1. The number of furan rings is 1. The van der Waals surface area contributed by atoms with Gasteiger partial charge in [-0.1, -0.05) is 191 Å². The monoisotopic (exact) mass is 828 g/mol. The number of rotatable bonds is 3. The topological polar surface area (TPSA) is 13.1 Å². The Kier molecular flexibility index (Phi) is 7.30. The Morgan fingerprint density at radius 1 is 0.292 bits per heavy atom. The molecular weight excluding hydrogens is 785 g/mol. The molecule has 1 nitrogen and oxygen atoms in total. The van der Waals surface area contributed by atoms with E-state index in [1.54, 1.807) is 0 Å². The molecule has 14 rings (SSSR count). The first-order valence-electron chi connectivity index (χ1n) is 23.0. The van der Waals surface area contributed by atoms with E-state index in [9.17, 15) is 0 Å². The summed E-state index contributed by atoms with van der Waals surface area (Å²) in [5.74, 6) is 0. The molecule has 1 heterocycles. The first kappa shape index (κ1) is 36.7. The number of benzene rings is 11. The SMILES string of the molecule is CC1(C)c2cc(-c3ccc4c(c3)C(C)(C)c3ccc5c(ccc6c7ccccc7oc56)c3-4)ccc2-c2ccc(-c3c4ccccc4c(-c4cccc5ccccc45)c4ccccc34)cc21. The van der Waals surface area contributed by atoms with E-state index in [1.807, 2.05) is 0 Å². The van der Waals surface area contributed by atoms with Crippen LogP contribution in [0.4, 0.5) is 0 Å². The second kappa shape index (κ2) is 12.9. The van der Waals surface area contributed by atoms with Gasteiger partial charge in [0.25, 0.3) is 0 Å². The second-order valence-electron chi connectivity index (χ2n) is 19.5. The van der Waals surface area contributed by atoms with Crippen LogP contribution in [0, 0.1) is 0 Å². The van der Waals surface area contributed by atoms with Crippen LogP contribution in [0.3, 0.4) is 0 Å². The quantitative estimate of drug-likeness (QED) is 0.162. The van der Waals surface area contributed by atoms with Gasteiger partial charge in [0.05, 0.1) is 0 Å². The molecule has 0 fully saturated rings. The summed E-state index contributed by atoms with van der Waals surface area (Å²) in [4.78, 5) is 0. The molecule has 0 N–H and O–H groups in total. The number of hydrogen-bond donors (Lipinski definition) is 0. The van der Waals surface area contributed by atoms with Crippen molar-refractivity contribution >= 4 is 65.0 Å². The zero-order valence-corrected chi connectivity index (χ0v) is 36.9. The van der Waals surface area contributed by atoms with Crippen molar-refractivity contribution in [1.82, 2.24) is 0 Å². The molecule has 0 bridgehead atoms. The summed E-state index contributed by atoms with van der Waals surface area (Å²) < 4.78 is 6.51. The normalized spacial score (nSPS) is 14.4. The predicted octanol–water partition coefficient (Wildman–Crippen LogP) is 17.8. The summed E-state index contributed by atoms with van der Waals surface area (Å²) in [6, 6.07) is 72.7. The van der Waals surface area contributed by atoms with Crippen molar-refractivity contribution < 1.29 is 4.42 Å². The van der Waals surface area contributed by atoms with Gasteiger partial charge in [0.1, 0.15) is 11.2 Å². The minimum Gasteiger partial charge on any atom is -0.455 e. The van der Waals surface area contributed by atoms with Crippen LogP contribution in [0.25, 0.3) is 121 Å². The van der Waals surface area contributed by atoms with E-state index in [0.29, 0.717) is 0 Å². The maximum Gasteiger partial charge on any atom is 0.143 e. The van der Waals surface area contributed by atoms with Crippen molar-refractivity contribution in [3.05, 3.63) is 216 Å². The zero-order valence-electron chi connectivity index (χ0n) is 36.9. The van der Waals surface area contributed by atoms with Crippen molar-refractivity contribution in [3.8, 4) is 55.6 Å². The molecule has 11 aromatic carbocycles. The average molecular weight is 829 g/mol. The summed E-state index contributed by atoms with van der Waals surface area (Å²) >= 11 is 0. The highest BCUT2D eigenvalue weighted by Gasteiger charge is 2.39. The third-order valence-electron chi connectivity index (χ3n) is 15.5. The van der Waals surface area contributed by atoms with E-state index < -0.39 is 0 Å². The van der Waals surface area contributed by atoms with Crippen LogP contribution in [0.15, 0.2) is 199 Å². The molecule has 1 heteroatoms. The molecule has 65 heavy (non-hydrogen) atoms. The Bertz CT molecular complexity index is 4000. The molecular formula is C64H44O. The van der Waals surface area contributed by atoms with Gasteiger partial charge >= 0.3 is 0 Å². The van der Waals surface area contributed by atoms with Gasteiger partial charge in [-0.2, -0.15) is 0 Å². The van der Waals surface area contributed by atoms with Gasteiger partial charge in [-0.15, -0.1) is 0 Å². The van der Waals surface area contributed by atoms with E-state index in [-0.39, 0.29) is 10.8 Å². The van der Waals surface area contributed by atoms with E-state index in [2.05, 4.69) is 222 Å². The highest BCUT2D eigenvalue weighted by atomic mass is 16.3. The molecule has 12 aromatic rings. The summed E-state index contributed by atoms with van der Waals surface area (Å²) in [6.45, 7) is 9.60. The van der Waals surface area contributed by atoms with Gasteiger partial charge in [-0.25, -0.2) is 0 Å². The standard InChI is InChI=1S/C64H44O/c1-63(2)54-33-32-52-50(30-31-51-44-17-11-12-23-58(44)65-62(51)52)61(54)53-29-25-39(35-57(53)63)38-24-27-42-43-28-26-40(36-56(43)64(3,4)55(42)34-38)59-46-18-7-9-20-48(46)60(49-21-10-8-19-47(49)59)45-22-13-15-37-14-5-6-16-41(37)45/h5-36H,1-4H3. The number of fused-ring (bicyclic) bond motifs is 15. The average Bonchev–Trinajstić information content (AvgIpc) is 3.92. The molecule has 2 aliphatic carbocycles. The van der Waals surface area contributed by atoms with Crippen LogP contribution in [0.1, 0.15) is 49.9 Å². The maximum absolute atomic E-state index is 6.51. The lowest BCUT2D eigenvalue weighted by Crippen LogP contribution is -2.15. The summed E-state index contributed by atoms with van der Waals surface area (Å²) in [6.07, 6.45) is 0. The van der Waals surface area contributed by atoms with Crippen LogP contribution < -0.4 is 0 Å². The van der Waals surface area contributed by atoms with E-state index in [4.69, 9.17) is 4.42 Å². The molecule has 0 amide bonds. The van der Waals surface area contributed by atoms with Crippen molar-refractivity contribution in [2.45, 2.75) is 38.5 Å². The van der Waals surface area contributed by atoms with Crippen LogP contribution in [-0.2, 0) is 10.8 Å². The summed E-state index contributed by atoms with van der Waals surface area (Å²) in [5, 5.41) is 12.4. The molecule has 0 atom stereocenters. The van der Waals surface area contributed by atoms with Crippen LogP contribution in [-0.4, -0.2) is 0 Å². The minimum atomic E-state index is -0.196. The van der Waals surface area contributed by atoms with Gasteiger partial charge in [0.15, 0.2) is 0 Å². The van der Waals surface area contributed by atoms with Gasteiger partial charge in [0, 0.05) is 27.0 Å². The number of para-hydroxylation sites is 1. The Morgan fingerprint density at radius 2 is 0.754 bits per heavy atom. The van der Waals surface area contributed by atoms with E-state index >= 15 is 0 Å². The van der Waals surface area contributed by atoms with Crippen molar-refractivity contribution in [2.24, 2.45) is 0 Å². The van der Waals surface area contributed by atoms with Gasteiger partial charge < -0.3 is 4.42 Å². The van der Waals surface area contributed by atoms with Gasteiger partial charge in [0.2, 0.25) is 0 Å². The lowest BCUT2D eigenvalue weighted by Gasteiger charge is -2.24. The molecule has 1 aromatic heterocycles. The third-order valence-corrected chi connectivity index (χ3v) is 15.5. The Labute approximate surface area is 378 Å². The molecule has 0 aliphatic heterocycles. The molecule has 0 spiro atoms. The fourth-order valence-electron chi connectivity index (χ4n) is 12.2. The Morgan fingerprint density at radius 3 is 1.45 bits per heavy atom. The molecule has 0 saturated heterocycles. The first-order valence-corrected chi connectivity index (χ1v) is 23.0. The molecule has 0 radical (unpaired) electrons. The van der Waals surface area contributed by atoms with Crippen LogP contribution in [0.2, 0.25) is 0 Å². The first-order chi connectivity index (χ1) is 31.8. The van der Waals surface area contributed by atoms with Crippen molar-refractivity contribution in [3.63, 3.8) is 0 Å². The minimum absolute atomic E-state index is 0.151. The Balaban J connectivity index is 0.877. The van der Waals surface area contributed by atoms with Gasteiger partial charge in [-0.3, -0.25) is 0 Å². The maximum atomic E-state index is 6.51. The lowest BCUT2D eigenvalue weighted by atomic mass is 9.79. The molecule has 0 unspecified atom stereocenters. The molecule has 0 saturated carbocycles. The summed E-state index contributed by atoms with van der Waals surface area (Å²) in [7, 11) is 0. The highest BCUT2D eigenvalue weighted by molar-refractivity contribution is 6.24. The fourth-order valence-corrected chi connectivity index (χ4v) is 12.2. The summed E-state index contributed by atoms with van der Waals surface area (Å²) in [5.41, 5.74) is 20.0. The third kappa shape index (κ3) is 4.93.